The summed E-state index contributed by atoms with van der Waals surface area (Å²) in [5, 5.41) is 3.71. The average Bonchev–Trinajstić information content (AvgIpc) is 2.75. The highest BCUT2D eigenvalue weighted by molar-refractivity contribution is 7.80. The molecule has 0 aliphatic carbocycles. The number of ether oxygens (including phenoxy) is 1. The first-order valence-electron chi connectivity index (χ1n) is 5.44. The molecule has 90 valence electrons. The van der Waals surface area contributed by atoms with Crippen molar-refractivity contribution in [2.45, 2.75) is 24.8 Å². The van der Waals surface area contributed by atoms with Crippen molar-refractivity contribution in [1.82, 2.24) is 4.98 Å². The Hall–Kier alpha value is -1.00. The summed E-state index contributed by atoms with van der Waals surface area (Å²) in [4.78, 5) is 4.38. The van der Waals surface area contributed by atoms with E-state index in [1.54, 1.807) is 18.4 Å². The maximum Gasteiger partial charge on any atom is 0.124 e. The van der Waals surface area contributed by atoms with Crippen molar-refractivity contribution in [3.8, 4) is 16.3 Å². The minimum Gasteiger partial charge on any atom is -0.496 e. The fourth-order valence-electron chi connectivity index (χ4n) is 1.72. The van der Waals surface area contributed by atoms with Gasteiger partial charge in [0.15, 0.2) is 0 Å². The molecule has 0 radical (unpaired) electrons. The summed E-state index contributed by atoms with van der Waals surface area (Å²) in [7, 11) is 1.70. The fraction of sp³-hybridized carbons (Fsp3) is 0.308. The van der Waals surface area contributed by atoms with E-state index in [2.05, 4.69) is 37.5 Å². The number of methoxy groups -OCH3 is 1. The fourth-order valence-corrected chi connectivity index (χ4v) is 2.73. The highest BCUT2D eigenvalue weighted by atomic mass is 32.1. The van der Waals surface area contributed by atoms with Gasteiger partial charge in [0.1, 0.15) is 15.8 Å². The van der Waals surface area contributed by atoms with Crippen molar-refractivity contribution in [3.63, 3.8) is 0 Å². The highest BCUT2D eigenvalue weighted by Gasteiger charge is 2.10. The molecule has 0 unspecified atom stereocenters. The van der Waals surface area contributed by atoms with Gasteiger partial charge in [0.05, 0.1) is 7.11 Å². The van der Waals surface area contributed by atoms with Crippen LogP contribution in [0.15, 0.2) is 28.6 Å². The predicted molar refractivity (Wildman–Crippen MR) is 75.4 cm³/mol. The Labute approximate surface area is 111 Å². The van der Waals surface area contributed by atoms with E-state index < -0.39 is 0 Å². The van der Waals surface area contributed by atoms with Gasteiger partial charge in [-0.2, -0.15) is 0 Å². The quantitative estimate of drug-likeness (QED) is 0.839. The molecular formula is C13H15NOS2. The molecule has 0 spiro atoms. The Balaban J connectivity index is 2.47. The number of rotatable bonds is 3. The Morgan fingerprint density at radius 1 is 1.35 bits per heavy atom. The first kappa shape index (κ1) is 12.5. The lowest BCUT2D eigenvalue weighted by Gasteiger charge is -2.12. The zero-order chi connectivity index (χ0) is 12.4. The molecule has 0 saturated heterocycles. The van der Waals surface area contributed by atoms with Gasteiger partial charge < -0.3 is 4.74 Å². The molecule has 17 heavy (non-hydrogen) atoms. The zero-order valence-corrected chi connectivity index (χ0v) is 11.8. The molecule has 0 aliphatic rings. The molecule has 4 heteroatoms. The van der Waals surface area contributed by atoms with Gasteiger partial charge in [-0.3, -0.25) is 0 Å². The average molecular weight is 265 g/mol. The van der Waals surface area contributed by atoms with Gasteiger partial charge in [-0.15, -0.1) is 24.0 Å². The summed E-state index contributed by atoms with van der Waals surface area (Å²) >= 11 is 5.84. The van der Waals surface area contributed by atoms with E-state index in [9.17, 15) is 0 Å². The lowest BCUT2D eigenvalue weighted by atomic mass is 10.00. The molecule has 2 rings (SSSR count). The van der Waals surface area contributed by atoms with Crippen molar-refractivity contribution in [2.75, 3.05) is 7.11 Å². The third-order valence-electron chi connectivity index (χ3n) is 2.59. The van der Waals surface area contributed by atoms with Crippen molar-refractivity contribution >= 4 is 24.0 Å². The smallest absolute Gasteiger partial charge is 0.124 e. The van der Waals surface area contributed by atoms with E-state index in [-0.39, 0.29) is 0 Å². The summed E-state index contributed by atoms with van der Waals surface area (Å²) in [6.07, 6.45) is 0. The summed E-state index contributed by atoms with van der Waals surface area (Å²) in [6, 6.07) is 6.19. The van der Waals surface area contributed by atoms with Crippen LogP contribution in [-0.4, -0.2) is 12.1 Å². The number of nitrogens with zero attached hydrogens (tertiary/aromatic N) is 1. The Morgan fingerprint density at radius 2 is 2.12 bits per heavy atom. The zero-order valence-electron chi connectivity index (χ0n) is 10.1. The number of benzene rings is 1. The molecule has 0 aliphatic heterocycles. The van der Waals surface area contributed by atoms with Gasteiger partial charge in [-0.1, -0.05) is 13.8 Å². The van der Waals surface area contributed by atoms with Crippen LogP contribution in [0.1, 0.15) is 25.3 Å². The van der Waals surface area contributed by atoms with Crippen LogP contribution in [0.4, 0.5) is 0 Å². The minimum absolute atomic E-state index is 0.431. The van der Waals surface area contributed by atoms with Crippen LogP contribution < -0.4 is 4.74 Å². The molecule has 1 heterocycles. The summed E-state index contributed by atoms with van der Waals surface area (Å²) in [6.45, 7) is 4.32. The second-order valence-corrected chi connectivity index (χ2v) is 5.44. The molecule has 2 nitrogen and oxygen atoms in total. The van der Waals surface area contributed by atoms with Crippen LogP contribution in [0, 0.1) is 0 Å². The maximum absolute atomic E-state index is 5.37. The number of thiol groups is 1. The van der Waals surface area contributed by atoms with E-state index in [0.717, 1.165) is 21.3 Å². The first-order chi connectivity index (χ1) is 8.11. The Bertz CT molecular complexity index is 520. The number of aromatic nitrogens is 1. The van der Waals surface area contributed by atoms with Crippen molar-refractivity contribution < 1.29 is 4.74 Å². The van der Waals surface area contributed by atoms with E-state index in [1.165, 1.54) is 5.56 Å². The molecule has 0 fully saturated rings. The van der Waals surface area contributed by atoms with Gasteiger partial charge in [0.2, 0.25) is 0 Å². The van der Waals surface area contributed by atoms with Gasteiger partial charge in [0.25, 0.3) is 0 Å². The lowest BCUT2D eigenvalue weighted by molar-refractivity contribution is 0.407. The van der Waals surface area contributed by atoms with Crippen LogP contribution in [0.3, 0.4) is 0 Å². The summed E-state index contributed by atoms with van der Waals surface area (Å²) < 4.78 is 5.37. The van der Waals surface area contributed by atoms with Gasteiger partial charge >= 0.3 is 0 Å². The van der Waals surface area contributed by atoms with Crippen LogP contribution in [0.5, 0.6) is 5.75 Å². The van der Waals surface area contributed by atoms with Gasteiger partial charge in [-0.05, 0) is 29.7 Å². The molecule has 0 bridgehead atoms. The Morgan fingerprint density at radius 3 is 2.65 bits per heavy atom. The monoisotopic (exact) mass is 265 g/mol. The van der Waals surface area contributed by atoms with Crippen LogP contribution in [0.2, 0.25) is 0 Å². The minimum atomic E-state index is 0.431. The van der Waals surface area contributed by atoms with Gasteiger partial charge in [-0.25, -0.2) is 4.98 Å². The molecule has 1 aromatic carbocycles. The van der Waals surface area contributed by atoms with E-state index in [1.807, 2.05) is 17.5 Å². The van der Waals surface area contributed by atoms with Crippen molar-refractivity contribution in [1.29, 1.82) is 0 Å². The number of hydrogen-bond acceptors (Lipinski definition) is 4. The third kappa shape index (κ3) is 2.64. The second-order valence-electron chi connectivity index (χ2n) is 4.12. The molecular weight excluding hydrogens is 250 g/mol. The summed E-state index contributed by atoms with van der Waals surface area (Å²) in [5.41, 5.74) is 2.33. The SMILES string of the molecule is COc1ccc(-c2nc(S)cs2)cc1C(C)C. The maximum atomic E-state index is 5.37. The molecule has 0 saturated carbocycles. The lowest BCUT2D eigenvalue weighted by Crippen LogP contribution is -1.94. The largest absolute Gasteiger partial charge is 0.496 e. The van der Waals surface area contributed by atoms with E-state index in [4.69, 9.17) is 4.74 Å². The first-order valence-corrected chi connectivity index (χ1v) is 6.77. The van der Waals surface area contributed by atoms with Crippen molar-refractivity contribution in [2.24, 2.45) is 0 Å². The number of thiazole rings is 1. The topological polar surface area (TPSA) is 22.1 Å². The molecule has 0 atom stereocenters. The molecule has 1 aromatic heterocycles. The van der Waals surface area contributed by atoms with E-state index in [0.29, 0.717) is 5.92 Å². The molecule has 0 amide bonds. The van der Waals surface area contributed by atoms with Gasteiger partial charge in [0, 0.05) is 10.9 Å². The third-order valence-corrected chi connectivity index (χ3v) is 3.89. The second kappa shape index (κ2) is 5.10. The normalized spacial score (nSPS) is 10.9. The van der Waals surface area contributed by atoms with Crippen molar-refractivity contribution in [3.05, 3.63) is 29.1 Å². The standard InChI is InChI=1S/C13H15NOS2/c1-8(2)10-6-9(4-5-11(10)15-3)13-14-12(16)7-17-13/h4-8,16H,1-3H3. The van der Waals surface area contributed by atoms with E-state index >= 15 is 0 Å². The Kier molecular flexibility index (Phi) is 3.74. The van der Waals surface area contributed by atoms with Crippen LogP contribution in [0.25, 0.3) is 10.6 Å². The van der Waals surface area contributed by atoms with Crippen LogP contribution >= 0.6 is 24.0 Å². The molecule has 0 N–H and O–H groups in total. The predicted octanol–water partition coefficient (Wildman–Crippen LogP) is 4.23. The molecule has 2 aromatic rings. The number of hydrogen-bond donors (Lipinski definition) is 1. The summed E-state index contributed by atoms with van der Waals surface area (Å²) in [5.74, 6) is 1.37. The highest BCUT2D eigenvalue weighted by Crippen LogP contribution is 2.33. The van der Waals surface area contributed by atoms with Crippen LogP contribution in [-0.2, 0) is 0 Å².